The van der Waals surface area contributed by atoms with Crippen LogP contribution in [0, 0.1) is 0 Å². The summed E-state index contributed by atoms with van der Waals surface area (Å²) in [5.41, 5.74) is 2.40. The number of thioether (sulfide) groups is 1. The minimum Gasteiger partial charge on any atom is -0.341 e. The third kappa shape index (κ3) is 4.06. The third-order valence-electron chi connectivity index (χ3n) is 1.97. The van der Waals surface area contributed by atoms with Crippen molar-refractivity contribution in [1.29, 1.82) is 0 Å². The Balaban J connectivity index is 2.63. The van der Waals surface area contributed by atoms with Gasteiger partial charge in [0.1, 0.15) is 4.32 Å². The summed E-state index contributed by atoms with van der Waals surface area (Å²) in [6, 6.07) is 8.23. The van der Waals surface area contributed by atoms with Gasteiger partial charge in [0.25, 0.3) is 0 Å². The number of thiocarbonyl (C=S) groups is 1. The second kappa shape index (κ2) is 6.64. The molecule has 0 aliphatic carbocycles. The Morgan fingerprint density at radius 2 is 2.27 bits per heavy atom. The molecule has 80 valence electrons. The van der Waals surface area contributed by atoms with Crippen LogP contribution in [0.3, 0.4) is 0 Å². The maximum absolute atomic E-state index is 5.21. The summed E-state index contributed by atoms with van der Waals surface area (Å²) in [5.74, 6) is 0.847. The standard InChI is InChI=1S/C12H15NS2/c1-3-9-15-12(14)13-11-8-6-5-7-10(11)4-2/h3,5-8H,1,4,9H2,2H3,(H,13,14). The molecule has 0 aliphatic rings. The predicted octanol–water partition coefficient (Wildman–Crippen LogP) is 3.87. The first kappa shape index (κ1) is 12.3. The average molecular weight is 237 g/mol. The fourth-order valence-electron chi connectivity index (χ4n) is 1.23. The van der Waals surface area contributed by atoms with Crippen molar-refractivity contribution in [3.63, 3.8) is 0 Å². The van der Waals surface area contributed by atoms with Crippen LogP contribution in [0.15, 0.2) is 36.9 Å². The molecule has 0 unspecified atom stereocenters. The first-order valence-electron chi connectivity index (χ1n) is 4.90. The molecule has 1 rings (SSSR count). The summed E-state index contributed by atoms with van der Waals surface area (Å²) >= 11 is 6.81. The molecule has 0 fully saturated rings. The zero-order valence-electron chi connectivity index (χ0n) is 8.82. The van der Waals surface area contributed by atoms with E-state index in [0.29, 0.717) is 0 Å². The van der Waals surface area contributed by atoms with Crippen LogP contribution in [0.2, 0.25) is 0 Å². The molecule has 0 atom stereocenters. The van der Waals surface area contributed by atoms with E-state index in [1.165, 1.54) is 5.56 Å². The molecule has 1 nitrogen and oxygen atoms in total. The molecule has 0 aliphatic heterocycles. The van der Waals surface area contributed by atoms with E-state index in [1.807, 2.05) is 18.2 Å². The van der Waals surface area contributed by atoms with E-state index in [0.717, 1.165) is 22.2 Å². The van der Waals surface area contributed by atoms with Gasteiger partial charge in [0.05, 0.1) is 0 Å². The Labute approximate surface area is 101 Å². The van der Waals surface area contributed by atoms with Crippen LogP contribution in [-0.2, 0) is 6.42 Å². The molecule has 0 aromatic heterocycles. The van der Waals surface area contributed by atoms with Crippen molar-refractivity contribution in [2.24, 2.45) is 0 Å². The van der Waals surface area contributed by atoms with Gasteiger partial charge in [-0.2, -0.15) is 0 Å². The number of aryl methyl sites for hydroxylation is 1. The summed E-state index contributed by atoms with van der Waals surface area (Å²) in [4.78, 5) is 0. The Hall–Kier alpha value is -0.800. The topological polar surface area (TPSA) is 12.0 Å². The Bertz CT molecular complexity index is 347. The molecule has 1 aromatic rings. The zero-order valence-corrected chi connectivity index (χ0v) is 10.5. The molecule has 1 N–H and O–H groups in total. The third-order valence-corrected chi connectivity index (χ3v) is 3.19. The lowest BCUT2D eigenvalue weighted by atomic mass is 10.1. The fraction of sp³-hybridized carbons (Fsp3) is 0.250. The van der Waals surface area contributed by atoms with Crippen molar-refractivity contribution in [2.45, 2.75) is 13.3 Å². The zero-order chi connectivity index (χ0) is 11.1. The minimum absolute atomic E-state index is 0.802. The monoisotopic (exact) mass is 237 g/mol. The van der Waals surface area contributed by atoms with Gasteiger partial charge in [0.15, 0.2) is 0 Å². The van der Waals surface area contributed by atoms with Crippen LogP contribution >= 0.6 is 24.0 Å². The van der Waals surface area contributed by atoms with Crippen molar-refractivity contribution in [2.75, 3.05) is 11.1 Å². The summed E-state index contributed by atoms with van der Waals surface area (Å²) < 4.78 is 0.802. The lowest BCUT2D eigenvalue weighted by molar-refractivity contribution is 1.14. The molecule has 0 radical (unpaired) electrons. The average Bonchev–Trinajstić information content (AvgIpc) is 2.27. The van der Waals surface area contributed by atoms with Crippen LogP contribution in [-0.4, -0.2) is 10.1 Å². The summed E-state index contributed by atoms with van der Waals surface area (Å²) in [6.07, 6.45) is 2.86. The molecule has 3 heteroatoms. The van der Waals surface area contributed by atoms with Gasteiger partial charge in [0, 0.05) is 11.4 Å². The van der Waals surface area contributed by atoms with Crippen molar-refractivity contribution in [3.05, 3.63) is 42.5 Å². The van der Waals surface area contributed by atoms with E-state index in [9.17, 15) is 0 Å². The highest BCUT2D eigenvalue weighted by molar-refractivity contribution is 8.23. The lowest BCUT2D eigenvalue weighted by Crippen LogP contribution is -2.06. The van der Waals surface area contributed by atoms with Crippen LogP contribution in [0.25, 0.3) is 0 Å². The van der Waals surface area contributed by atoms with E-state index in [-0.39, 0.29) is 0 Å². The summed E-state index contributed by atoms with van der Waals surface area (Å²) in [7, 11) is 0. The van der Waals surface area contributed by atoms with Gasteiger partial charge < -0.3 is 5.32 Å². The van der Waals surface area contributed by atoms with Crippen molar-refractivity contribution in [1.82, 2.24) is 0 Å². The number of para-hydroxylation sites is 1. The first-order chi connectivity index (χ1) is 7.27. The molecule has 0 saturated heterocycles. The number of hydrogen-bond acceptors (Lipinski definition) is 2. The van der Waals surface area contributed by atoms with Crippen LogP contribution in [0.1, 0.15) is 12.5 Å². The maximum atomic E-state index is 5.21. The Morgan fingerprint density at radius 3 is 2.93 bits per heavy atom. The van der Waals surface area contributed by atoms with E-state index in [1.54, 1.807) is 11.8 Å². The summed E-state index contributed by atoms with van der Waals surface area (Å²) in [5, 5.41) is 3.24. The quantitative estimate of drug-likeness (QED) is 0.631. The number of anilines is 1. The molecule has 0 bridgehead atoms. The highest BCUT2D eigenvalue weighted by Gasteiger charge is 2.01. The van der Waals surface area contributed by atoms with Gasteiger partial charge in [-0.3, -0.25) is 0 Å². The van der Waals surface area contributed by atoms with Crippen molar-refractivity contribution < 1.29 is 0 Å². The second-order valence-electron chi connectivity index (χ2n) is 3.02. The highest BCUT2D eigenvalue weighted by Crippen LogP contribution is 2.17. The Morgan fingerprint density at radius 1 is 1.53 bits per heavy atom. The molecular formula is C12H15NS2. The van der Waals surface area contributed by atoms with E-state index in [2.05, 4.69) is 31.0 Å². The summed E-state index contributed by atoms with van der Waals surface area (Å²) in [6.45, 7) is 5.80. The first-order valence-corrected chi connectivity index (χ1v) is 6.30. The minimum atomic E-state index is 0.802. The van der Waals surface area contributed by atoms with E-state index < -0.39 is 0 Å². The predicted molar refractivity (Wildman–Crippen MR) is 74.7 cm³/mol. The van der Waals surface area contributed by atoms with E-state index in [4.69, 9.17) is 12.2 Å². The number of rotatable bonds is 4. The number of hydrogen-bond donors (Lipinski definition) is 1. The van der Waals surface area contributed by atoms with Gasteiger partial charge >= 0.3 is 0 Å². The molecule has 0 spiro atoms. The highest BCUT2D eigenvalue weighted by atomic mass is 32.2. The van der Waals surface area contributed by atoms with Gasteiger partial charge in [-0.25, -0.2) is 0 Å². The molecule has 0 saturated carbocycles. The normalized spacial score (nSPS) is 9.67. The van der Waals surface area contributed by atoms with Crippen molar-refractivity contribution in [3.8, 4) is 0 Å². The SMILES string of the molecule is C=CCSC(=S)Nc1ccccc1CC. The van der Waals surface area contributed by atoms with Crippen LogP contribution in [0.5, 0.6) is 0 Å². The largest absolute Gasteiger partial charge is 0.341 e. The molecular weight excluding hydrogens is 222 g/mol. The molecule has 0 heterocycles. The number of benzene rings is 1. The van der Waals surface area contributed by atoms with Gasteiger partial charge in [-0.15, -0.1) is 6.58 Å². The lowest BCUT2D eigenvalue weighted by Gasteiger charge is -2.10. The van der Waals surface area contributed by atoms with Crippen LogP contribution < -0.4 is 5.32 Å². The Kier molecular flexibility index (Phi) is 5.43. The number of nitrogens with one attached hydrogen (secondary N) is 1. The van der Waals surface area contributed by atoms with Crippen LogP contribution in [0.4, 0.5) is 5.69 Å². The molecule has 1 aromatic carbocycles. The molecule has 0 amide bonds. The maximum Gasteiger partial charge on any atom is 0.138 e. The van der Waals surface area contributed by atoms with Gasteiger partial charge in [0.2, 0.25) is 0 Å². The fourth-order valence-corrected chi connectivity index (χ4v) is 2.00. The van der Waals surface area contributed by atoms with E-state index >= 15 is 0 Å². The van der Waals surface area contributed by atoms with Gasteiger partial charge in [-0.05, 0) is 18.1 Å². The van der Waals surface area contributed by atoms with Gasteiger partial charge in [-0.1, -0.05) is 55.2 Å². The van der Waals surface area contributed by atoms with Crippen molar-refractivity contribution >= 4 is 34.0 Å². The smallest absolute Gasteiger partial charge is 0.138 e. The molecule has 15 heavy (non-hydrogen) atoms. The second-order valence-corrected chi connectivity index (χ2v) is 4.72.